The average molecular weight is 590 g/mol. The standard InChI is InChI=1S/C29H22F3N7O4/c30-29(31,32)24-4-2-1-3-23(24)19-36-16-22(15-35-36)5-6-25-26(39(42)43)27(40)38(18-21-9-13-34-14-10-21)28(41)37(25)17-20-7-11-33-12-8-20/h1-16H,17-19H2. The van der Waals surface area contributed by atoms with Crippen LogP contribution >= 0.6 is 0 Å². The number of pyridine rings is 2. The van der Waals surface area contributed by atoms with Crippen LogP contribution in [0.15, 0.2) is 95.3 Å². The summed E-state index contributed by atoms with van der Waals surface area (Å²) in [5, 5.41) is 16.3. The van der Waals surface area contributed by atoms with E-state index in [-0.39, 0.29) is 30.9 Å². The molecule has 0 aliphatic carbocycles. The molecule has 0 spiro atoms. The number of nitro groups is 1. The Bertz CT molecular complexity index is 1910. The summed E-state index contributed by atoms with van der Waals surface area (Å²) >= 11 is 0. The molecule has 4 aromatic heterocycles. The summed E-state index contributed by atoms with van der Waals surface area (Å²) in [7, 11) is 0. The SMILES string of the molecule is O=c1c([N+](=O)[O-])c(C=Cc2cnn(Cc3ccccc3C(F)(F)F)c2)n(Cc2ccncc2)c(=O)n1Cc1ccncc1. The first kappa shape index (κ1) is 28.9. The Morgan fingerprint density at radius 1 is 0.837 bits per heavy atom. The molecule has 0 N–H and O–H groups in total. The molecular weight excluding hydrogens is 567 g/mol. The van der Waals surface area contributed by atoms with Crippen molar-refractivity contribution in [2.24, 2.45) is 0 Å². The topological polar surface area (TPSA) is 131 Å². The molecule has 0 radical (unpaired) electrons. The third-order valence-corrected chi connectivity index (χ3v) is 6.55. The van der Waals surface area contributed by atoms with Crippen LogP contribution in [-0.4, -0.2) is 33.8 Å². The number of halogens is 3. The van der Waals surface area contributed by atoms with E-state index in [9.17, 15) is 32.9 Å². The largest absolute Gasteiger partial charge is 0.416 e. The van der Waals surface area contributed by atoms with E-state index >= 15 is 0 Å². The second-order valence-corrected chi connectivity index (χ2v) is 9.42. The van der Waals surface area contributed by atoms with Gasteiger partial charge in [-0.1, -0.05) is 18.2 Å². The number of hydrogen-bond donors (Lipinski definition) is 0. The van der Waals surface area contributed by atoms with Crippen LogP contribution in [0.25, 0.3) is 12.2 Å². The first-order valence-electron chi connectivity index (χ1n) is 12.8. The van der Waals surface area contributed by atoms with Crippen molar-refractivity contribution in [1.29, 1.82) is 0 Å². The van der Waals surface area contributed by atoms with Crippen molar-refractivity contribution < 1.29 is 18.1 Å². The third kappa shape index (κ3) is 6.48. The lowest BCUT2D eigenvalue weighted by Gasteiger charge is -2.14. The molecule has 0 aliphatic heterocycles. The summed E-state index contributed by atoms with van der Waals surface area (Å²) in [4.78, 5) is 46.2. The lowest BCUT2D eigenvalue weighted by atomic mass is 10.1. The van der Waals surface area contributed by atoms with Gasteiger partial charge in [-0.3, -0.25) is 34.1 Å². The second-order valence-electron chi connectivity index (χ2n) is 9.42. The van der Waals surface area contributed by atoms with E-state index in [0.29, 0.717) is 16.7 Å². The van der Waals surface area contributed by atoms with Gasteiger partial charge in [0.1, 0.15) is 5.69 Å². The molecule has 0 saturated heterocycles. The van der Waals surface area contributed by atoms with Gasteiger partial charge in [0, 0.05) is 36.5 Å². The molecule has 0 fully saturated rings. The summed E-state index contributed by atoms with van der Waals surface area (Å²) < 4.78 is 43.5. The molecule has 0 saturated carbocycles. The fourth-order valence-corrected chi connectivity index (χ4v) is 4.51. The number of alkyl halides is 3. The Labute approximate surface area is 241 Å². The van der Waals surface area contributed by atoms with Gasteiger partial charge in [-0.15, -0.1) is 0 Å². The number of nitrogens with zero attached hydrogens (tertiary/aromatic N) is 7. The lowest BCUT2D eigenvalue weighted by molar-refractivity contribution is -0.387. The van der Waals surface area contributed by atoms with Crippen LogP contribution in [0.5, 0.6) is 0 Å². The van der Waals surface area contributed by atoms with Gasteiger partial charge in [-0.25, -0.2) is 9.36 Å². The Kier molecular flexibility index (Phi) is 8.09. The quantitative estimate of drug-likeness (QED) is 0.186. The number of rotatable bonds is 9. The van der Waals surface area contributed by atoms with Gasteiger partial charge < -0.3 is 0 Å². The molecule has 14 heteroatoms. The van der Waals surface area contributed by atoms with Gasteiger partial charge in [0.25, 0.3) is 0 Å². The van der Waals surface area contributed by atoms with Gasteiger partial charge in [0.2, 0.25) is 0 Å². The molecular formula is C29H22F3N7O4. The van der Waals surface area contributed by atoms with Crippen molar-refractivity contribution in [3.8, 4) is 0 Å². The van der Waals surface area contributed by atoms with Crippen molar-refractivity contribution >= 4 is 17.8 Å². The van der Waals surface area contributed by atoms with Crippen LogP contribution in [0.1, 0.15) is 33.5 Å². The zero-order valence-electron chi connectivity index (χ0n) is 22.3. The highest BCUT2D eigenvalue weighted by Crippen LogP contribution is 2.32. The van der Waals surface area contributed by atoms with Crippen LogP contribution in [0.2, 0.25) is 0 Å². The maximum Gasteiger partial charge on any atom is 0.416 e. The predicted octanol–water partition coefficient (Wildman–Crippen LogP) is 4.24. The monoisotopic (exact) mass is 589 g/mol. The third-order valence-electron chi connectivity index (χ3n) is 6.55. The predicted molar refractivity (Wildman–Crippen MR) is 150 cm³/mol. The van der Waals surface area contributed by atoms with Crippen molar-refractivity contribution in [1.82, 2.24) is 28.9 Å². The van der Waals surface area contributed by atoms with Crippen LogP contribution in [0.4, 0.5) is 18.9 Å². The summed E-state index contributed by atoms with van der Waals surface area (Å²) in [6.07, 6.45) is 6.87. The molecule has 5 rings (SSSR count). The van der Waals surface area contributed by atoms with Crippen LogP contribution < -0.4 is 11.2 Å². The summed E-state index contributed by atoms with van der Waals surface area (Å²) in [6.45, 7) is -0.499. The molecule has 5 aromatic rings. The van der Waals surface area contributed by atoms with E-state index in [1.165, 1.54) is 72.2 Å². The van der Waals surface area contributed by atoms with Gasteiger partial charge in [0.05, 0.1) is 36.3 Å². The summed E-state index contributed by atoms with van der Waals surface area (Å²) in [6, 6.07) is 11.6. The fraction of sp³-hybridized carbons (Fsp3) is 0.138. The van der Waals surface area contributed by atoms with Gasteiger partial charge >= 0.3 is 23.1 Å². The smallest absolute Gasteiger partial charge is 0.283 e. The minimum Gasteiger partial charge on any atom is -0.283 e. The number of hydrogen-bond acceptors (Lipinski definition) is 7. The Morgan fingerprint density at radius 3 is 2.05 bits per heavy atom. The summed E-state index contributed by atoms with van der Waals surface area (Å²) in [5.41, 5.74) is -2.18. The molecule has 0 atom stereocenters. The highest BCUT2D eigenvalue weighted by Gasteiger charge is 2.33. The van der Waals surface area contributed by atoms with Gasteiger partial charge in [0.15, 0.2) is 0 Å². The molecule has 1 aromatic carbocycles. The van der Waals surface area contributed by atoms with E-state index in [4.69, 9.17) is 0 Å². The molecule has 0 bridgehead atoms. The average Bonchev–Trinajstić information content (AvgIpc) is 3.43. The first-order valence-corrected chi connectivity index (χ1v) is 12.8. The molecule has 43 heavy (non-hydrogen) atoms. The fourth-order valence-electron chi connectivity index (χ4n) is 4.51. The first-order chi connectivity index (χ1) is 20.6. The maximum atomic E-state index is 13.7. The Morgan fingerprint density at radius 2 is 1.44 bits per heavy atom. The minimum absolute atomic E-state index is 0.00765. The second kappa shape index (κ2) is 12.1. The van der Waals surface area contributed by atoms with E-state index < -0.39 is 33.6 Å². The molecule has 11 nitrogen and oxygen atoms in total. The van der Waals surface area contributed by atoms with Crippen molar-refractivity contribution in [2.45, 2.75) is 25.8 Å². The number of aromatic nitrogens is 6. The van der Waals surface area contributed by atoms with Crippen molar-refractivity contribution in [2.75, 3.05) is 0 Å². The van der Waals surface area contributed by atoms with Crippen molar-refractivity contribution in [3.63, 3.8) is 0 Å². The highest BCUT2D eigenvalue weighted by molar-refractivity contribution is 5.71. The highest BCUT2D eigenvalue weighted by atomic mass is 19.4. The molecule has 4 heterocycles. The van der Waals surface area contributed by atoms with E-state index in [0.717, 1.165) is 15.2 Å². The zero-order chi connectivity index (χ0) is 30.6. The van der Waals surface area contributed by atoms with E-state index in [1.54, 1.807) is 24.3 Å². The van der Waals surface area contributed by atoms with Crippen LogP contribution in [0, 0.1) is 10.1 Å². The van der Waals surface area contributed by atoms with E-state index in [1.807, 2.05) is 0 Å². The molecule has 0 amide bonds. The zero-order valence-corrected chi connectivity index (χ0v) is 22.3. The van der Waals surface area contributed by atoms with Crippen LogP contribution in [-0.2, 0) is 25.8 Å². The minimum atomic E-state index is -4.54. The normalized spacial score (nSPS) is 11.7. The molecule has 0 unspecified atom stereocenters. The lowest BCUT2D eigenvalue weighted by Crippen LogP contribution is -2.42. The van der Waals surface area contributed by atoms with Gasteiger partial charge in [-0.05, 0) is 59.2 Å². The van der Waals surface area contributed by atoms with Crippen LogP contribution in [0.3, 0.4) is 0 Å². The Hall–Kier alpha value is -5.66. The molecule has 0 aliphatic rings. The van der Waals surface area contributed by atoms with Gasteiger partial charge in [-0.2, -0.15) is 18.3 Å². The maximum absolute atomic E-state index is 13.7. The molecule has 218 valence electrons. The van der Waals surface area contributed by atoms with E-state index in [2.05, 4.69) is 15.1 Å². The Balaban J connectivity index is 1.56. The number of benzene rings is 1. The van der Waals surface area contributed by atoms with Crippen molar-refractivity contribution in [3.05, 3.63) is 150 Å². The summed E-state index contributed by atoms with van der Waals surface area (Å²) in [5.74, 6) is 0.